The van der Waals surface area contributed by atoms with Gasteiger partial charge in [-0.25, -0.2) is 0 Å². The Kier molecular flexibility index (Phi) is 5.28. The summed E-state index contributed by atoms with van der Waals surface area (Å²) in [6, 6.07) is 6.70. The van der Waals surface area contributed by atoms with Crippen molar-refractivity contribution in [2.75, 3.05) is 6.54 Å². The van der Waals surface area contributed by atoms with Gasteiger partial charge < -0.3 is 5.73 Å². The van der Waals surface area contributed by atoms with Gasteiger partial charge in [-0.1, -0.05) is 19.1 Å². The summed E-state index contributed by atoms with van der Waals surface area (Å²) in [7, 11) is 0. The van der Waals surface area contributed by atoms with Crippen LogP contribution in [0, 0.1) is 10.1 Å². The average molecular weight is 240 g/mol. The Balaban J connectivity index is 2.46. The number of non-ortho nitro benzene ring substituents is 1. The predicted octanol–water partition coefficient (Wildman–Crippen LogP) is 2.57. The van der Waals surface area contributed by atoms with Crippen LogP contribution in [-0.2, 0) is 5.75 Å². The molecule has 0 aliphatic heterocycles. The van der Waals surface area contributed by atoms with Crippen LogP contribution in [-0.4, -0.2) is 16.7 Å². The number of benzene rings is 1. The zero-order valence-corrected chi connectivity index (χ0v) is 10.1. The maximum absolute atomic E-state index is 10.4. The van der Waals surface area contributed by atoms with Gasteiger partial charge in [0.15, 0.2) is 0 Å². The second kappa shape index (κ2) is 6.50. The third-order valence-corrected chi connectivity index (χ3v) is 3.56. The normalized spacial score (nSPS) is 12.4. The van der Waals surface area contributed by atoms with Crippen molar-refractivity contribution < 1.29 is 4.92 Å². The maximum Gasteiger partial charge on any atom is 0.269 e. The minimum absolute atomic E-state index is 0.142. The summed E-state index contributed by atoms with van der Waals surface area (Å²) in [6.07, 6.45) is 0.998. The minimum Gasteiger partial charge on any atom is -0.330 e. The number of nitro benzene ring substituents is 1. The molecule has 0 fully saturated rings. The summed E-state index contributed by atoms with van der Waals surface area (Å²) >= 11 is 1.82. The van der Waals surface area contributed by atoms with Crippen LogP contribution in [0.3, 0.4) is 0 Å². The number of thioether (sulfide) groups is 1. The second-order valence-electron chi connectivity index (χ2n) is 3.62. The first-order valence-corrected chi connectivity index (χ1v) is 6.23. The summed E-state index contributed by atoms with van der Waals surface area (Å²) in [5, 5.41) is 11.0. The molecule has 0 aliphatic carbocycles. The van der Waals surface area contributed by atoms with E-state index in [9.17, 15) is 10.1 Å². The number of nitro groups is 1. The van der Waals surface area contributed by atoms with Crippen molar-refractivity contribution in [2.45, 2.75) is 24.3 Å². The number of hydrogen-bond donors (Lipinski definition) is 1. The van der Waals surface area contributed by atoms with Crippen molar-refractivity contribution in [1.82, 2.24) is 0 Å². The first-order chi connectivity index (χ1) is 7.63. The van der Waals surface area contributed by atoms with Crippen LogP contribution in [0.15, 0.2) is 24.3 Å². The van der Waals surface area contributed by atoms with Gasteiger partial charge in [0.25, 0.3) is 5.69 Å². The highest BCUT2D eigenvalue weighted by atomic mass is 32.2. The Morgan fingerprint density at radius 3 is 2.56 bits per heavy atom. The number of nitrogens with zero attached hydrogens (tertiary/aromatic N) is 1. The van der Waals surface area contributed by atoms with Crippen LogP contribution in [0.1, 0.15) is 18.9 Å². The Morgan fingerprint density at radius 1 is 1.44 bits per heavy atom. The standard InChI is InChI=1S/C11H16N2O2S/c1-9(6-7-12)16-8-10-2-4-11(5-3-10)13(14)15/h2-5,9H,6-8,12H2,1H3. The molecule has 0 saturated carbocycles. The minimum atomic E-state index is -0.381. The highest BCUT2D eigenvalue weighted by molar-refractivity contribution is 7.99. The lowest BCUT2D eigenvalue weighted by Crippen LogP contribution is -2.07. The molecule has 0 bridgehead atoms. The monoisotopic (exact) mass is 240 g/mol. The van der Waals surface area contributed by atoms with Gasteiger partial charge in [-0.3, -0.25) is 10.1 Å². The Bertz CT molecular complexity index is 340. The lowest BCUT2D eigenvalue weighted by molar-refractivity contribution is -0.384. The van der Waals surface area contributed by atoms with Crippen LogP contribution in [0.4, 0.5) is 5.69 Å². The molecule has 5 heteroatoms. The van der Waals surface area contributed by atoms with Crippen molar-refractivity contribution >= 4 is 17.4 Å². The summed E-state index contributed by atoms with van der Waals surface area (Å²) in [6.45, 7) is 2.84. The summed E-state index contributed by atoms with van der Waals surface area (Å²) < 4.78 is 0. The Labute approximate surface area is 99.4 Å². The summed E-state index contributed by atoms with van der Waals surface area (Å²) in [5.74, 6) is 0.874. The molecule has 4 nitrogen and oxygen atoms in total. The van der Waals surface area contributed by atoms with E-state index >= 15 is 0 Å². The van der Waals surface area contributed by atoms with Crippen molar-refractivity contribution in [2.24, 2.45) is 5.73 Å². The molecular weight excluding hydrogens is 224 g/mol. The fourth-order valence-electron chi connectivity index (χ4n) is 1.27. The molecule has 0 aromatic heterocycles. The molecule has 0 aliphatic rings. The van der Waals surface area contributed by atoms with Gasteiger partial charge in [0.1, 0.15) is 0 Å². The molecule has 2 N–H and O–H groups in total. The fourth-order valence-corrected chi connectivity index (χ4v) is 2.24. The Morgan fingerprint density at radius 2 is 2.06 bits per heavy atom. The molecule has 0 amide bonds. The predicted molar refractivity (Wildman–Crippen MR) is 67.5 cm³/mol. The lowest BCUT2D eigenvalue weighted by Gasteiger charge is -2.09. The van der Waals surface area contributed by atoms with Gasteiger partial charge in [0.05, 0.1) is 4.92 Å². The Hall–Kier alpha value is -1.07. The van der Waals surface area contributed by atoms with E-state index in [1.807, 2.05) is 11.8 Å². The molecule has 0 radical (unpaired) electrons. The van der Waals surface area contributed by atoms with Crippen LogP contribution in [0.5, 0.6) is 0 Å². The highest BCUT2D eigenvalue weighted by Crippen LogP contribution is 2.21. The highest BCUT2D eigenvalue weighted by Gasteiger charge is 2.05. The second-order valence-corrected chi connectivity index (χ2v) is 5.05. The van der Waals surface area contributed by atoms with Crippen LogP contribution < -0.4 is 5.73 Å². The van der Waals surface area contributed by atoms with Crippen LogP contribution in [0.2, 0.25) is 0 Å². The lowest BCUT2D eigenvalue weighted by atomic mass is 10.2. The first-order valence-electron chi connectivity index (χ1n) is 5.18. The fraction of sp³-hybridized carbons (Fsp3) is 0.455. The van der Waals surface area contributed by atoms with E-state index in [4.69, 9.17) is 5.73 Å². The molecule has 1 aromatic rings. The molecule has 0 heterocycles. The SMILES string of the molecule is CC(CCN)SCc1ccc([N+](=O)[O-])cc1. The molecule has 1 aromatic carbocycles. The van der Waals surface area contributed by atoms with E-state index in [0.29, 0.717) is 11.8 Å². The zero-order valence-electron chi connectivity index (χ0n) is 9.26. The number of rotatable bonds is 6. The smallest absolute Gasteiger partial charge is 0.269 e. The van der Waals surface area contributed by atoms with E-state index in [1.165, 1.54) is 0 Å². The van der Waals surface area contributed by atoms with Crippen LogP contribution >= 0.6 is 11.8 Å². The van der Waals surface area contributed by atoms with E-state index in [1.54, 1.807) is 24.3 Å². The van der Waals surface area contributed by atoms with Gasteiger partial charge in [-0.2, -0.15) is 11.8 Å². The van der Waals surface area contributed by atoms with Gasteiger partial charge in [0.2, 0.25) is 0 Å². The largest absolute Gasteiger partial charge is 0.330 e. The van der Waals surface area contributed by atoms with Gasteiger partial charge >= 0.3 is 0 Å². The number of hydrogen-bond acceptors (Lipinski definition) is 4. The summed E-state index contributed by atoms with van der Waals surface area (Å²) in [4.78, 5) is 10.1. The quantitative estimate of drug-likeness (QED) is 0.613. The van der Waals surface area contributed by atoms with E-state index in [2.05, 4.69) is 6.92 Å². The van der Waals surface area contributed by atoms with Crippen molar-refractivity contribution in [3.63, 3.8) is 0 Å². The first kappa shape index (κ1) is 13.0. The third kappa shape index (κ3) is 4.20. The van der Waals surface area contributed by atoms with Crippen molar-refractivity contribution in [3.8, 4) is 0 Å². The van der Waals surface area contributed by atoms with Gasteiger partial charge in [-0.05, 0) is 18.5 Å². The van der Waals surface area contributed by atoms with Crippen molar-refractivity contribution in [1.29, 1.82) is 0 Å². The molecule has 88 valence electrons. The molecule has 1 unspecified atom stereocenters. The van der Waals surface area contributed by atoms with E-state index < -0.39 is 0 Å². The molecule has 0 saturated heterocycles. The zero-order chi connectivity index (χ0) is 12.0. The molecule has 1 rings (SSSR count). The average Bonchev–Trinajstić information content (AvgIpc) is 2.27. The van der Waals surface area contributed by atoms with Crippen molar-refractivity contribution in [3.05, 3.63) is 39.9 Å². The third-order valence-electron chi connectivity index (χ3n) is 2.25. The number of nitrogens with two attached hydrogens (primary N) is 1. The van der Waals surface area contributed by atoms with E-state index in [-0.39, 0.29) is 10.6 Å². The molecular formula is C11H16N2O2S. The van der Waals surface area contributed by atoms with Gasteiger partial charge in [-0.15, -0.1) is 0 Å². The molecule has 16 heavy (non-hydrogen) atoms. The molecule has 0 spiro atoms. The summed E-state index contributed by atoms with van der Waals surface area (Å²) in [5.41, 5.74) is 6.72. The maximum atomic E-state index is 10.4. The van der Waals surface area contributed by atoms with E-state index in [0.717, 1.165) is 17.7 Å². The van der Waals surface area contributed by atoms with Gasteiger partial charge in [0, 0.05) is 23.1 Å². The molecule has 1 atom stereocenters. The topological polar surface area (TPSA) is 69.2 Å². The van der Waals surface area contributed by atoms with Crippen LogP contribution in [0.25, 0.3) is 0 Å².